The molecule has 5 heteroatoms. The maximum atomic E-state index is 11.1. The van der Waals surface area contributed by atoms with Crippen molar-refractivity contribution in [3.63, 3.8) is 0 Å². The highest BCUT2D eigenvalue weighted by molar-refractivity contribution is 7.99. The molecule has 0 saturated carbocycles. The summed E-state index contributed by atoms with van der Waals surface area (Å²) in [4.78, 5) is 16.3. The smallest absolute Gasteiger partial charge is 0.337 e. The van der Waals surface area contributed by atoms with Gasteiger partial charge in [-0.15, -0.1) is 0 Å². The topological polar surface area (TPSA) is 76.2 Å². The molecule has 2 aromatic rings. The van der Waals surface area contributed by atoms with Crippen molar-refractivity contribution in [3.05, 3.63) is 47.2 Å². The molecule has 1 aromatic carbocycles. The highest BCUT2D eigenvalue weighted by Crippen LogP contribution is 2.32. The molecule has 0 spiro atoms. The molecule has 1 aliphatic carbocycles. The summed E-state index contributed by atoms with van der Waals surface area (Å²) in [6.45, 7) is 0. The third-order valence-corrected chi connectivity index (χ3v) is 4.35. The number of aromatic nitrogens is 1. The molecule has 3 N–H and O–H groups in total. The lowest BCUT2D eigenvalue weighted by Gasteiger charge is -2.06. The third kappa shape index (κ3) is 2.49. The van der Waals surface area contributed by atoms with E-state index in [9.17, 15) is 4.79 Å². The maximum absolute atomic E-state index is 11.1. The Kier molecular flexibility index (Phi) is 3.36. The lowest BCUT2D eigenvalue weighted by Crippen LogP contribution is -2.03. The number of carboxylic acid groups (broad SMARTS) is 1. The highest BCUT2D eigenvalue weighted by Gasteiger charge is 2.13. The molecule has 1 aliphatic rings. The van der Waals surface area contributed by atoms with Crippen LogP contribution in [0, 0.1) is 0 Å². The fourth-order valence-corrected chi connectivity index (χ4v) is 3.28. The van der Waals surface area contributed by atoms with Crippen molar-refractivity contribution < 1.29 is 9.90 Å². The van der Waals surface area contributed by atoms with Crippen molar-refractivity contribution in [2.45, 2.75) is 29.2 Å². The molecule has 4 nitrogen and oxygen atoms in total. The lowest BCUT2D eigenvalue weighted by atomic mass is 10.1. The molecule has 0 unspecified atom stereocenters. The minimum Gasteiger partial charge on any atom is -0.478 e. The minimum absolute atomic E-state index is 0.101. The lowest BCUT2D eigenvalue weighted by molar-refractivity contribution is 0.0697. The molecule has 0 fully saturated rings. The van der Waals surface area contributed by atoms with Gasteiger partial charge in [-0.25, -0.2) is 9.78 Å². The van der Waals surface area contributed by atoms with Gasteiger partial charge in [0.2, 0.25) is 0 Å². The van der Waals surface area contributed by atoms with Gasteiger partial charge in [0.15, 0.2) is 0 Å². The Bertz CT molecular complexity index is 686. The molecular weight excluding hydrogens is 272 g/mol. The first-order valence-electron chi connectivity index (χ1n) is 6.42. The van der Waals surface area contributed by atoms with Crippen LogP contribution in [-0.4, -0.2) is 16.1 Å². The maximum Gasteiger partial charge on any atom is 0.337 e. The molecule has 3 rings (SSSR count). The number of nitrogens with zero attached hydrogens (tertiary/aromatic N) is 1. The number of hydrogen-bond donors (Lipinski definition) is 2. The number of fused-ring (bicyclic) bond motifs is 1. The monoisotopic (exact) mass is 286 g/mol. The second-order valence-corrected chi connectivity index (χ2v) is 5.89. The van der Waals surface area contributed by atoms with Gasteiger partial charge in [0.1, 0.15) is 5.03 Å². The quantitative estimate of drug-likeness (QED) is 0.907. The molecule has 0 amide bonds. The van der Waals surface area contributed by atoms with Crippen LogP contribution in [-0.2, 0) is 12.8 Å². The Hall–Kier alpha value is -2.01. The Morgan fingerprint density at radius 3 is 2.85 bits per heavy atom. The number of carbonyl (C=O) groups is 1. The van der Waals surface area contributed by atoms with E-state index in [0.717, 1.165) is 17.7 Å². The summed E-state index contributed by atoms with van der Waals surface area (Å²) in [7, 11) is 0. The summed E-state index contributed by atoms with van der Waals surface area (Å²) < 4.78 is 0. The summed E-state index contributed by atoms with van der Waals surface area (Å²) >= 11 is 1.46. The van der Waals surface area contributed by atoms with Crippen molar-refractivity contribution in [1.29, 1.82) is 0 Å². The zero-order valence-electron chi connectivity index (χ0n) is 10.8. The van der Waals surface area contributed by atoms with E-state index in [1.54, 1.807) is 0 Å². The number of pyridine rings is 1. The van der Waals surface area contributed by atoms with Gasteiger partial charge in [-0.1, -0.05) is 17.8 Å². The normalized spacial score (nSPS) is 13.2. The first-order valence-corrected chi connectivity index (χ1v) is 7.23. The van der Waals surface area contributed by atoms with Crippen LogP contribution in [0.25, 0.3) is 0 Å². The predicted octanol–water partition coefficient (Wildman–Crippen LogP) is 3.00. The molecule has 0 atom stereocenters. The predicted molar refractivity (Wildman–Crippen MR) is 78.2 cm³/mol. The molecule has 0 saturated heterocycles. The second kappa shape index (κ2) is 5.17. The Morgan fingerprint density at radius 2 is 2.05 bits per heavy atom. The van der Waals surface area contributed by atoms with E-state index in [2.05, 4.69) is 23.2 Å². The van der Waals surface area contributed by atoms with Crippen LogP contribution in [0.1, 0.15) is 27.9 Å². The summed E-state index contributed by atoms with van der Waals surface area (Å²) in [5, 5.41) is 9.71. The van der Waals surface area contributed by atoms with Gasteiger partial charge in [0.05, 0.1) is 17.4 Å². The van der Waals surface area contributed by atoms with Gasteiger partial charge >= 0.3 is 5.97 Å². The van der Waals surface area contributed by atoms with Crippen molar-refractivity contribution in [3.8, 4) is 0 Å². The van der Waals surface area contributed by atoms with Gasteiger partial charge in [-0.3, -0.25) is 0 Å². The van der Waals surface area contributed by atoms with Crippen molar-refractivity contribution in [2.75, 3.05) is 5.73 Å². The molecule has 1 heterocycles. The number of nitrogens with two attached hydrogens (primary N) is 1. The summed E-state index contributed by atoms with van der Waals surface area (Å²) in [5.41, 5.74) is 8.71. The number of nitrogen functional groups attached to an aromatic ring is 1. The SMILES string of the molecule is Nc1cnc(Sc2ccc3c(c2)CCC3)cc1C(=O)O. The van der Waals surface area contributed by atoms with Gasteiger partial charge in [0.25, 0.3) is 0 Å². The third-order valence-electron chi connectivity index (χ3n) is 3.43. The van der Waals surface area contributed by atoms with Crippen LogP contribution in [0.5, 0.6) is 0 Å². The van der Waals surface area contributed by atoms with Crippen LogP contribution < -0.4 is 5.73 Å². The Morgan fingerprint density at radius 1 is 1.25 bits per heavy atom. The van der Waals surface area contributed by atoms with Crippen LogP contribution >= 0.6 is 11.8 Å². The Balaban J connectivity index is 1.88. The van der Waals surface area contributed by atoms with Gasteiger partial charge in [-0.2, -0.15) is 0 Å². The molecule has 20 heavy (non-hydrogen) atoms. The highest BCUT2D eigenvalue weighted by atomic mass is 32.2. The van der Waals surface area contributed by atoms with Crippen LogP contribution in [0.3, 0.4) is 0 Å². The Labute approximate surface area is 121 Å². The summed E-state index contributed by atoms with van der Waals surface area (Å²) in [6.07, 6.45) is 4.90. The van der Waals surface area contributed by atoms with E-state index in [1.165, 1.54) is 41.6 Å². The van der Waals surface area contributed by atoms with Crippen molar-refractivity contribution >= 4 is 23.4 Å². The standard InChI is InChI=1S/C15H14N2O2S/c16-13-8-17-14(7-12(13)15(18)19)20-11-5-4-9-2-1-3-10(9)6-11/h4-8H,1-3,16H2,(H,18,19). The average molecular weight is 286 g/mol. The number of aromatic carboxylic acids is 1. The number of rotatable bonds is 3. The molecule has 1 aromatic heterocycles. The van der Waals surface area contributed by atoms with E-state index in [1.807, 2.05) is 0 Å². The van der Waals surface area contributed by atoms with Crippen LogP contribution in [0.4, 0.5) is 5.69 Å². The zero-order valence-corrected chi connectivity index (χ0v) is 11.6. The van der Waals surface area contributed by atoms with E-state index >= 15 is 0 Å². The molecule has 102 valence electrons. The van der Waals surface area contributed by atoms with Crippen LogP contribution in [0.2, 0.25) is 0 Å². The second-order valence-electron chi connectivity index (χ2n) is 4.80. The minimum atomic E-state index is -1.03. The van der Waals surface area contributed by atoms with E-state index < -0.39 is 5.97 Å². The first kappa shape index (κ1) is 13.0. The van der Waals surface area contributed by atoms with Gasteiger partial charge in [-0.05, 0) is 48.6 Å². The number of carboxylic acids is 1. The van der Waals surface area contributed by atoms with E-state index in [-0.39, 0.29) is 11.3 Å². The molecule has 0 bridgehead atoms. The summed E-state index contributed by atoms with van der Waals surface area (Å²) in [6, 6.07) is 7.91. The fourth-order valence-electron chi connectivity index (χ4n) is 2.42. The summed E-state index contributed by atoms with van der Waals surface area (Å²) in [5.74, 6) is -1.03. The number of hydrogen-bond acceptors (Lipinski definition) is 4. The number of anilines is 1. The van der Waals surface area contributed by atoms with Gasteiger partial charge in [0, 0.05) is 4.90 Å². The average Bonchev–Trinajstić information content (AvgIpc) is 2.88. The molecular formula is C15H14N2O2S. The van der Waals surface area contributed by atoms with Gasteiger partial charge < -0.3 is 10.8 Å². The molecule has 0 aliphatic heterocycles. The largest absolute Gasteiger partial charge is 0.478 e. The van der Waals surface area contributed by atoms with E-state index in [4.69, 9.17) is 10.8 Å². The van der Waals surface area contributed by atoms with Crippen molar-refractivity contribution in [1.82, 2.24) is 4.98 Å². The zero-order chi connectivity index (χ0) is 14.1. The van der Waals surface area contributed by atoms with Crippen molar-refractivity contribution in [2.24, 2.45) is 0 Å². The number of aryl methyl sites for hydroxylation is 2. The first-order chi connectivity index (χ1) is 9.63. The molecule has 0 radical (unpaired) electrons. The van der Waals surface area contributed by atoms with E-state index in [0.29, 0.717) is 5.03 Å². The number of benzene rings is 1. The van der Waals surface area contributed by atoms with Crippen LogP contribution in [0.15, 0.2) is 40.4 Å². The fraction of sp³-hybridized carbons (Fsp3) is 0.200.